The minimum Gasteiger partial charge on any atom is -0.497 e. The summed E-state index contributed by atoms with van der Waals surface area (Å²) in [6, 6.07) is 15.3. The number of fused-ring (bicyclic) bond motifs is 1. The van der Waals surface area contributed by atoms with Gasteiger partial charge in [0.05, 0.1) is 13.7 Å². The fourth-order valence-electron chi connectivity index (χ4n) is 3.87. The van der Waals surface area contributed by atoms with E-state index in [1.165, 1.54) is 0 Å². The Labute approximate surface area is 164 Å². The van der Waals surface area contributed by atoms with Crippen LogP contribution in [0.15, 0.2) is 48.5 Å². The summed E-state index contributed by atoms with van der Waals surface area (Å²) in [6.07, 6.45) is 1.32. The van der Waals surface area contributed by atoms with Gasteiger partial charge in [-0.05, 0) is 36.6 Å². The van der Waals surface area contributed by atoms with Gasteiger partial charge in [-0.3, -0.25) is 9.59 Å². The molecule has 2 aromatic carbocycles. The first kappa shape index (κ1) is 18.3. The fourth-order valence-corrected chi connectivity index (χ4v) is 3.87. The van der Waals surface area contributed by atoms with Crippen LogP contribution in [0.3, 0.4) is 0 Å². The smallest absolute Gasteiger partial charge is 0.246 e. The van der Waals surface area contributed by atoms with Gasteiger partial charge in [0.2, 0.25) is 11.8 Å². The molecule has 0 N–H and O–H groups in total. The topological polar surface area (TPSA) is 59.1 Å². The molecule has 1 unspecified atom stereocenters. The molecule has 6 heteroatoms. The number of para-hydroxylation sites is 1. The summed E-state index contributed by atoms with van der Waals surface area (Å²) in [6.45, 7) is 1.64. The molecule has 146 valence electrons. The lowest BCUT2D eigenvalue weighted by atomic mass is 9.95. The van der Waals surface area contributed by atoms with Crippen molar-refractivity contribution in [3.8, 4) is 11.5 Å². The average molecular weight is 380 g/mol. The van der Waals surface area contributed by atoms with Crippen molar-refractivity contribution in [3.05, 3.63) is 54.1 Å². The van der Waals surface area contributed by atoms with Crippen molar-refractivity contribution in [2.75, 3.05) is 38.3 Å². The van der Waals surface area contributed by atoms with E-state index < -0.39 is 0 Å². The number of ether oxygens (including phenoxy) is 2. The second-order valence-electron chi connectivity index (χ2n) is 7.15. The van der Waals surface area contributed by atoms with Crippen LogP contribution in [0.1, 0.15) is 12.0 Å². The van der Waals surface area contributed by atoms with Crippen LogP contribution in [-0.2, 0) is 16.0 Å². The Bertz CT molecular complexity index is 882. The number of carbonyl (C=O) groups excluding carboxylic acids is 2. The van der Waals surface area contributed by atoms with Gasteiger partial charge in [-0.25, -0.2) is 0 Å². The summed E-state index contributed by atoms with van der Waals surface area (Å²) in [5, 5.41) is 0. The number of amides is 2. The maximum absolute atomic E-state index is 13.1. The third-order valence-electron chi connectivity index (χ3n) is 5.41. The Morgan fingerprint density at radius 2 is 2.00 bits per heavy atom. The lowest BCUT2D eigenvalue weighted by Crippen LogP contribution is -2.54. The number of hydrogen-bond acceptors (Lipinski definition) is 4. The van der Waals surface area contributed by atoms with Gasteiger partial charge in [-0.15, -0.1) is 0 Å². The van der Waals surface area contributed by atoms with Crippen molar-refractivity contribution in [2.45, 2.75) is 12.8 Å². The number of piperazine rings is 1. The molecule has 2 heterocycles. The highest BCUT2D eigenvalue weighted by Gasteiger charge is 2.33. The SMILES string of the molecule is COc1cccc(N2CCN(C(=O)C3CCOc4ccccc4C3)CC2=O)c1. The number of methoxy groups -OCH3 is 1. The third kappa shape index (κ3) is 3.67. The van der Waals surface area contributed by atoms with Crippen LogP contribution in [0.4, 0.5) is 5.69 Å². The molecule has 0 aromatic heterocycles. The summed E-state index contributed by atoms with van der Waals surface area (Å²) in [5.41, 5.74) is 1.85. The number of benzene rings is 2. The Morgan fingerprint density at radius 3 is 2.82 bits per heavy atom. The summed E-state index contributed by atoms with van der Waals surface area (Å²) in [5.74, 6) is 1.38. The van der Waals surface area contributed by atoms with Crippen molar-refractivity contribution in [1.82, 2.24) is 4.90 Å². The van der Waals surface area contributed by atoms with Gasteiger partial charge < -0.3 is 19.3 Å². The molecular weight excluding hydrogens is 356 g/mol. The zero-order chi connectivity index (χ0) is 19.5. The number of anilines is 1. The van der Waals surface area contributed by atoms with Crippen LogP contribution in [-0.4, -0.2) is 50.1 Å². The van der Waals surface area contributed by atoms with Gasteiger partial charge in [-0.1, -0.05) is 24.3 Å². The molecule has 2 aliphatic rings. The predicted octanol–water partition coefficient (Wildman–Crippen LogP) is 2.51. The normalized spacial score (nSPS) is 19.5. The summed E-state index contributed by atoms with van der Waals surface area (Å²) in [7, 11) is 1.60. The van der Waals surface area contributed by atoms with E-state index in [-0.39, 0.29) is 24.3 Å². The van der Waals surface area contributed by atoms with Crippen LogP contribution in [0, 0.1) is 5.92 Å². The van der Waals surface area contributed by atoms with E-state index in [1.807, 2.05) is 48.5 Å². The quantitative estimate of drug-likeness (QED) is 0.821. The largest absolute Gasteiger partial charge is 0.497 e. The zero-order valence-electron chi connectivity index (χ0n) is 16.0. The van der Waals surface area contributed by atoms with Gasteiger partial charge in [0.1, 0.15) is 18.0 Å². The van der Waals surface area contributed by atoms with E-state index in [0.717, 1.165) is 17.0 Å². The van der Waals surface area contributed by atoms with Crippen molar-refractivity contribution in [2.24, 2.45) is 5.92 Å². The molecule has 2 aliphatic heterocycles. The minimum atomic E-state index is -0.153. The fraction of sp³-hybridized carbons (Fsp3) is 0.364. The van der Waals surface area contributed by atoms with Gasteiger partial charge in [0.25, 0.3) is 0 Å². The number of nitrogens with zero attached hydrogens (tertiary/aromatic N) is 2. The highest BCUT2D eigenvalue weighted by Crippen LogP contribution is 2.28. The van der Waals surface area contributed by atoms with Crippen LogP contribution in [0.25, 0.3) is 0 Å². The zero-order valence-corrected chi connectivity index (χ0v) is 16.0. The van der Waals surface area contributed by atoms with Gasteiger partial charge in [-0.2, -0.15) is 0 Å². The summed E-state index contributed by atoms with van der Waals surface area (Å²) < 4.78 is 11.0. The lowest BCUT2D eigenvalue weighted by Gasteiger charge is -2.36. The molecule has 2 amide bonds. The van der Waals surface area contributed by atoms with Gasteiger partial charge >= 0.3 is 0 Å². The predicted molar refractivity (Wildman–Crippen MR) is 106 cm³/mol. The van der Waals surface area contributed by atoms with E-state index in [9.17, 15) is 9.59 Å². The molecular formula is C22H24N2O4. The molecule has 0 bridgehead atoms. The van der Waals surface area contributed by atoms with Crippen molar-refractivity contribution in [1.29, 1.82) is 0 Å². The van der Waals surface area contributed by atoms with Crippen molar-refractivity contribution >= 4 is 17.5 Å². The van der Waals surface area contributed by atoms with E-state index in [0.29, 0.717) is 38.3 Å². The molecule has 0 radical (unpaired) electrons. The highest BCUT2D eigenvalue weighted by atomic mass is 16.5. The second-order valence-corrected chi connectivity index (χ2v) is 7.15. The molecule has 6 nitrogen and oxygen atoms in total. The van der Waals surface area contributed by atoms with Crippen LogP contribution in [0.5, 0.6) is 11.5 Å². The van der Waals surface area contributed by atoms with E-state index >= 15 is 0 Å². The second kappa shape index (κ2) is 7.92. The van der Waals surface area contributed by atoms with Crippen molar-refractivity contribution < 1.29 is 19.1 Å². The lowest BCUT2D eigenvalue weighted by molar-refractivity contribution is -0.140. The van der Waals surface area contributed by atoms with E-state index in [2.05, 4.69) is 0 Å². The summed E-state index contributed by atoms with van der Waals surface area (Å²) in [4.78, 5) is 29.2. The Hall–Kier alpha value is -3.02. The maximum atomic E-state index is 13.1. The average Bonchev–Trinajstić information content (AvgIpc) is 2.95. The molecule has 1 atom stereocenters. The van der Waals surface area contributed by atoms with Gasteiger partial charge in [0.15, 0.2) is 0 Å². The van der Waals surface area contributed by atoms with Crippen LogP contribution >= 0.6 is 0 Å². The van der Waals surface area contributed by atoms with Crippen LogP contribution < -0.4 is 14.4 Å². The highest BCUT2D eigenvalue weighted by molar-refractivity contribution is 5.98. The molecule has 0 spiro atoms. The van der Waals surface area contributed by atoms with E-state index in [1.54, 1.807) is 16.9 Å². The molecule has 1 saturated heterocycles. The van der Waals surface area contributed by atoms with Gasteiger partial charge in [0, 0.05) is 30.8 Å². The van der Waals surface area contributed by atoms with Crippen molar-refractivity contribution in [3.63, 3.8) is 0 Å². The monoisotopic (exact) mass is 380 g/mol. The number of hydrogen-bond donors (Lipinski definition) is 0. The van der Waals surface area contributed by atoms with E-state index in [4.69, 9.17) is 9.47 Å². The first-order chi connectivity index (χ1) is 13.7. The van der Waals surface area contributed by atoms with Crippen LogP contribution in [0.2, 0.25) is 0 Å². The number of rotatable bonds is 3. The Kier molecular flexibility index (Phi) is 5.19. The Balaban J connectivity index is 1.44. The Morgan fingerprint density at radius 1 is 1.14 bits per heavy atom. The first-order valence-corrected chi connectivity index (χ1v) is 9.59. The molecule has 0 aliphatic carbocycles. The third-order valence-corrected chi connectivity index (χ3v) is 5.41. The molecule has 4 rings (SSSR count). The first-order valence-electron chi connectivity index (χ1n) is 9.59. The minimum absolute atomic E-state index is 0.0407. The molecule has 0 saturated carbocycles. The molecule has 28 heavy (non-hydrogen) atoms. The molecule has 1 fully saturated rings. The molecule has 2 aromatic rings. The maximum Gasteiger partial charge on any atom is 0.246 e. The standard InChI is InChI=1S/C22H24N2O4/c1-27-19-7-4-6-18(14-19)24-11-10-23(15-21(24)25)22(26)17-9-12-28-20-8-3-2-5-16(20)13-17/h2-8,14,17H,9-13,15H2,1H3. The number of carbonyl (C=O) groups is 2. The summed E-state index contributed by atoms with van der Waals surface area (Å²) >= 11 is 0.